The van der Waals surface area contributed by atoms with Crippen LogP contribution in [0.25, 0.3) is 10.5 Å². The van der Waals surface area contributed by atoms with Crippen LogP contribution < -0.4 is 0 Å². The SMILES string of the molecule is CC1=C2SC(c3ccccc3)=CC(c3ccccc3)=C2CCC1. The number of hydrogen-bond donors (Lipinski definition) is 0. The summed E-state index contributed by atoms with van der Waals surface area (Å²) in [5, 5.41) is 0. The smallest absolute Gasteiger partial charge is 0.0201 e. The average Bonchev–Trinajstić information content (AvgIpc) is 2.63. The molecule has 1 heterocycles. The van der Waals surface area contributed by atoms with Gasteiger partial charge in [-0.3, -0.25) is 0 Å². The van der Waals surface area contributed by atoms with Gasteiger partial charge < -0.3 is 0 Å². The Morgan fingerprint density at radius 3 is 2.13 bits per heavy atom. The maximum absolute atomic E-state index is 2.40. The molecular weight excluding hydrogens is 296 g/mol. The van der Waals surface area contributed by atoms with Crippen molar-refractivity contribution < 1.29 is 0 Å². The summed E-state index contributed by atoms with van der Waals surface area (Å²) in [7, 11) is 0. The first kappa shape index (κ1) is 14.6. The number of thioether (sulfide) groups is 1. The molecule has 1 heteroatoms. The van der Waals surface area contributed by atoms with Crippen LogP contribution in [0, 0.1) is 0 Å². The van der Waals surface area contributed by atoms with Crippen LogP contribution in [-0.2, 0) is 0 Å². The largest absolute Gasteiger partial charge is 0.0892 e. The van der Waals surface area contributed by atoms with Gasteiger partial charge in [-0.2, -0.15) is 0 Å². The Hall–Kier alpha value is -1.99. The molecule has 0 amide bonds. The molecule has 0 fully saturated rings. The summed E-state index contributed by atoms with van der Waals surface area (Å²) in [5.74, 6) is 0. The number of rotatable bonds is 2. The summed E-state index contributed by atoms with van der Waals surface area (Å²) < 4.78 is 0. The van der Waals surface area contributed by atoms with Crippen LogP contribution in [-0.4, -0.2) is 0 Å². The zero-order chi connectivity index (χ0) is 15.6. The van der Waals surface area contributed by atoms with E-state index in [4.69, 9.17) is 0 Å². The third-order valence-corrected chi connectivity index (χ3v) is 5.97. The third-order valence-electron chi connectivity index (χ3n) is 4.60. The lowest BCUT2D eigenvalue weighted by atomic mass is 9.88. The second-order valence-electron chi connectivity index (χ2n) is 6.20. The highest BCUT2D eigenvalue weighted by molar-refractivity contribution is 8.12. The molecule has 0 saturated carbocycles. The Kier molecular flexibility index (Phi) is 3.97. The first-order valence-electron chi connectivity index (χ1n) is 8.26. The summed E-state index contributed by atoms with van der Waals surface area (Å²) in [6, 6.07) is 21.6. The molecule has 0 bridgehead atoms. The Balaban J connectivity index is 1.91. The Bertz CT molecular complexity index is 808. The molecule has 0 atom stereocenters. The van der Waals surface area contributed by atoms with Crippen molar-refractivity contribution in [1.82, 2.24) is 0 Å². The van der Waals surface area contributed by atoms with Crippen molar-refractivity contribution in [3.63, 3.8) is 0 Å². The van der Waals surface area contributed by atoms with Crippen LogP contribution in [0.3, 0.4) is 0 Å². The van der Waals surface area contributed by atoms with Crippen LogP contribution >= 0.6 is 11.8 Å². The predicted octanol–water partition coefficient (Wildman–Crippen LogP) is 6.69. The lowest BCUT2D eigenvalue weighted by Crippen LogP contribution is -2.05. The number of hydrogen-bond acceptors (Lipinski definition) is 1. The molecule has 2 aromatic rings. The maximum atomic E-state index is 2.40. The van der Waals surface area contributed by atoms with Gasteiger partial charge in [0, 0.05) is 9.81 Å². The van der Waals surface area contributed by atoms with Crippen LogP contribution in [0.2, 0.25) is 0 Å². The van der Waals surface area contributed by atoms with Gasteiger partial charge in [-0.1, -0.05) is 78.0 Å². The van der Waals surface area contributed by atoms with Crippen molar-refractivity contribution in [3.05, 3.63) is 93.9 Å². The van der Waals surface area contributed by atoms with Gasteiger partial charge in [0.05, 0.1) is 0 Å². The van der Waals surface area contributed by atoms with E-state index in [1.165, 1.54) is 45.8 Å². The molecular formula is C22H20S. The lowest BCUT2D eigenvalue weighted by molar-refractivity contribution is 0.781. The van der Waals surface area contributed by atoms with E-state index in [1.807, 2.05) is 11.8 Å². The zero-order valence-electron chi connectivity index (χ0n) is 13.4. The van der Waals surface area contributed by atoms with E-state index in [9.17, 15) is 0 Å². The minimum atomic E-state index is 1.20. The minimum absolute atomic E-state index is 1.20. The zero-order valence-corrected chi connectivity index (χ0v) is 14.2. The number of benzene rings is 2. The van der Waals surface area contributed by atoms with Crippen molar-refractivity contribution in [3.8, 4) is 0 Å². The van der Waals surface area contributed by atoms with Gasteiger partial charge in [0.1, 0.15) is 0 Å². The topological polar surface area (TPSA) is 0 Å². The van der Waals surface area contributed by atoms with E-state index in [1.54, 1.807) is 11.1 Å². The van der Waals surface area contributed by atoms with Crippen molar-refractivity contribution in [2.75, 3.05) is 0 Å². The molecule has 0 aromatic heterocycles. The summed E-state index contributed by atoms with van der Waals surface area (Å²) in [5.41, 5.74) is 7.16. The molecule has 1 aliphatic heterocycles. The molecule has 0 radical (unpaired) electrons. The summed E-state index contributed by atoms with van der Waals surface area (Å²) in [6.07, 6.45) is 6.10. The molecule has 0 N–H and O–H groups in total. The van der Waals surface area contributed by atoms with Gasteiger partial charge in [-0.15, -0.1) is 0 Å². The van der Waals surface area contributed by atoms with Crippen LogP contribution in [0.15, 0.2) is 82.8 Å². The van der Waals surface area contributed by atoms with E-state index < -0.39 is 0 Å². The highest BCUT2D eigenvalue weighted by atomic mass is 32.2. The summed E-state index contributed by atoms with van der Waals surface area (Å²) in [4.78, 5) is 2.88. The van der Waals surface area contributed by atoms with E-state index in [-0.39, 0.29) is 0 Å². The van der Waals surface area contributed by atoms with E-state index in [0.29, 0.717) is 0 Å². The molecule has 1 aliphatic carbocycles. The van der Waals surface area contributed by atoms with Crippen molar-refractivity contribution in [1.29, 1.82) is 0 Å². The Morgan fingerprint density at radius 1 is 0.783 bits per heavy atom. The fraction of sp³-hybridized carbons (Fsp3) is 0.182. The van der Waals surface area contributed by atoms with Gasteiger partial charge in [0.25, 0.3) is 0 Å². The lowest BCUT2D eigenvalue weighted by Gasteiger charge is -2.28. The fourth-order valence-electron chi connectivity index (χ4n) is 3.40. The number of allylic oxidation sites excluding steroid dienone is 4. The van der Waals surface area contributed by atoms with Gasteiger partial charge in [0.2, 0.25) is 0 Å². The van der Waals surface area contributed by atoms with Gasteiger partial charge in [-0.25, -0.2) is 0 Å². The third kappa shape index (κ3) is 2.82. The molecule has 114 valence electrons. The summed E-state index contributed by atoms with van der Waals surface area (Å²) >= 11 is 1.96. The predicted molar refractivity (Wildman–Crippen MR) is 102 cm³/mol. The molecule has 2 aromatic carbocycles. The maximum Gasteiger partial charge on any atom is 0.0201 e. The molecule has 0 spiro atoms. The highest BCUT2D eigenvalue weighted by Crippen LogP contribution is 2.50. The van der Waals surface area contributed by atoms with E-state index >= 15 is 0 Å². The monoisotopic (exact) mass is 316 g/mol. The average molecular weight is 316 g/mol. The van der Waals surface area contributed by atoms with Crippen molar-refractivity contribution in [2.45, 2.75) is 26.2 Å². The van der Waals surface area contributed by atoms with Crippen LogP contribution in [0.4, 0.5) is 0 Å². The minimum Gasteiger partial charge on any atom is -0.0892 e. The van der Waals surface area contributed by atoms with Crippen LogP contribution in [0.5, 0.6) is 0 Å². The molecule has 23 heavy (non-hydrogen) atoms. The Labute approximate surface area is 142 Å². The molecule has 2 aliphatic rings. The normalized spacial score (nSPS) is 17.9. The second-order valence-corrected chi connectivity index (χ2v) is 7.25. The first-order valence-corrected chi connectivity index (χ1v) is 9.08. The first-order chi connectivity index (χ1) is 11.3. The standard InChI is InChI=1S/C22H20S/c1-16-9-8-14-19-20(17-10-4-2-5-11-17)15-21(23-22(16)19)18-12-6-3-7-13-18/h2-7,10-13,15H,8-9,14H2,1H3. The Morgan fingerprint density at radius 2 is 1.43 bits per heavy atom. The molecule has 0 saturated heterocycles. The second kappa shape index (κ2) is 6.25. The summed E-state index contributed by atoms with van der Waals surface area (Å²) in [6.45, 7) is 2.30. The van der Waals surface area contributed by atoms with Gasteiger partial charge in [0.15, 0.2) is 0 Å². The van der Waals surface area contributed by atoms with Gasteiger partial charge >= 0.3 is 0 Å². The van der Waals surface area contributed by atoms with Crippen molar-refractivity contribution in [2.24, 2.45) is 0 Å². The van der Waals surface area contributed by atoms with Crippen LogP contribution in [0.1, 0.15) is 37.3 Å². The van der Waals surface area contributed by atoms with Gasteiger partial charge in [-0.05, 0) is 54.5 Å². The molecule has 0 unspecified atom stereocenters. The quantitative estimate of drug-likeness (QED) is 0.595. The number of fused-ring (bicyclic) bond motifs is 1. The molecule has 0 nitrogen and oxygen atoms in total. The van der Waals surface area contributed by atoms with E-state index in [2.05, 4.69) is 73.7 Å². The molecule has 4 rings (SSSR count). The van der Waals surface area contributed by atoms with Crippen molar-refractivity contribution >= 4 is 22.2 Å². The highest BCUT2D eigenvalue weighted by Gasteiger charge is 2.24. The van der Waals surface area contributed by atoms with E-state index in [0.717, 1.165) is 0 Å². The fourth-order valence-corrected chi connectivity index (χ4v) is 4.66.